The molecule has 0 radical (unpaired) electrons. The van der Waals surface area contributed by atoms with E-state index in [0.29, 0.717) is 6.10 Å². The summed E-state index contributed by atoms with van der Waals surface area (Å²) in [6.45, 7) is 8.24. The monoisotopic (exact) mass is 274 g/mol. The van der Waals surface area contributed by atoms with Gasteiger partial charge in [0.05, 0.1) is 19.3 Å². The molecule has 1 rings (SSSR count). The third kappa shape index (κ3) is 20.1. The fourth-order valence-corrected chi connectivity index (χ4v) is 1.83. The third-order valence-electron chi connectivity index (χ3n) is 2.75. The van der Waals surface area contributed by atoms with E-state index < -0.39 is 0 Å². The number of aliphatic hydroxyl groups is 2. The van der Waals surface area contributed by atoms with E-state index in [1.54, 1.807) is 6.08 Å². The van der Waals surface area contributed by atoms with E-state index in [0.717, 1.165) is 6.61 Å². The third-order valence-corrected chi connectivity index (χ3v) is 2.75. The van der Waals surface area contributed by atoms with Crippen molar-refractivity contribution in [3.05, 3.63) is 12.7 Å². The van der Waals surface area contributed by atoms with Crippen molar-refractivity contribution in [1.82, 2.24) is 0 Å². The quantitative estimate of drug-likeness (QED) is 0.573. The van der Waals surface area contributed by atoms with Crippen LogP contribution in [0.4, 0.5) is 0 Å². The molecule has 2 N–H and O–H groups in total. The van der Waals surface area contributed by atoms with Crippen molar-refractivity contribution in [2.75, 3.05) is 19.8 Å². The first-order chi connectivity index (χ1) is 9.26. The highest BCUT2D eigenvalue weighted by Crippen LogP contribution is 2.20. The van der Waals surface area contributed by atoms with Gasteiger partial charge < -0.3 is 14.9 Å². The van der Waals surface area contributed by atoms with Gasteiger partial charge in [0.25, 0.3) is 0 Å². The van der Waals surface area contributed by atoms with Crippen LogP contribution in [0.3, 0.4) is 0 Å². The van der Waals surface area contributed by atoms with Gasteiger partial charge in [-0.15, -0.1) is 6.58 Å². The molecule has 1 saturated carbocycles. The smallest absolute Gasteiger partial charge is 0.0662 e. The second-order valence-electron chi connectivity index (χ2n) is 4.69. The van der Waals surface area contributed by atoms with Gasteiger partial charge in [0.1, 0.15) is 0 Å². The van der Waals surface area contributed by atoms with Crippen molar-refractivity contribution in [2.24, 2.45) is 0 Å². The summed E-state index contributed by atoms with van der Waals surface area (Å²) in [5.41, 5.74) is 0. The maximum atomic E-state index is 7.62. The first-order valence-electron chi connectivity index (χ1n) is 7.67. The molecular formula is C16H34O3. The second kappa shape index (κ2) is 19.9. The minimum absolute atomic E-state index is 0.125. The van der Waals surface area contributed by atoms with Gasteiger partial charge in [0.2, 0.25) is 0 Å². The zero-order valence-corrected chi connectivity index (χ0v) is 12.9. The van der Waals surface area contributed by atoms with Crippen molar-refractivity contribution in [1.29, 1.82) is 0 Å². The van der Waals surface area contributed by atoms with Crippen LogP contribution in [0.15, 0.2) is 12.7 Å². The molecule has 0 aromatic rings. The molecule has 116 valence electrons. The second-order valence-corrected chi connectivity index (χ2v) is 4.69. The number of ether oxygens (including phenoxy) is 1. The van der Waals surface area contributed by atoms with Crippen LogP contribution in [0.25, 0.3) is 0 Å². The minimum atomic E-state index is -0.125. The summed E-state index contributed by atoms with van der Waals surface area (Å²) in [5, 5.41) is 15.2. The van der Waals surface area contributed by atoms with Crippen LogP contribution in [0.2, 0.25) is 0 Å². The van der Waals surface area contributed by atoms with Gasteiger partial charge in [-0.3, -0.25) is 0 Å². The number of unbranched alkanes of at least 4 members (excludes halogenated alkanes) is 2. The molecule has 1 fully saturated rings. The number of hydrogen-bond donors (Lipinski definition) is 2. The molecule has 0 heterocycles. The number of rotatable bonds is 6. The molecule has 0 spiro atoms. The largest absolute Gasteiger partial charge is 0.394 e. The van der Waals surface area contributed by atoms with Gasteiger partial charge in [-0.25, -0.2) is 0 Å². The highest BCUT2D eigenvalue weighted by molar-refractivity contribution is 4.64. The summed E-state index contributed by atoms with van der Waals surface area (Å²) in [6, 6.07) is 0. The summed E-state index contributed by atoms with van der Waals surface area (Å²) in [5.74, 6) is 0. The Balaban J connectivity index is 0. The lowest BCUT2D eigenvalue weighted by molar-refractivity contribution is 0.0264. The standard InChI is InChI=1S/C11H22O.C3H6.C2H6O2/c1-2-3-7-10-12-11-8-5-4-6-9-11;1-3-2;3-1-2-4/h11H,2-10H2,1H3;3H,1H2,2H3;3-4H,1-2H2. The van der Waals surface area contributed by atoms with Crippen LogP contribution < -0.4 is 0 Å². The normalized spacial score (nSPS) is 14.7. The average molecular weight is 274 g/mol. The van der Waals surface area contributed by atoms with Crippen molar-refractivity contribution >= 4 is 0 Å². The molecule has 0 bridgehead atoms. The fraction of sp³-hybridized carbons (Fsp3) is 0.875. The molecule has 3 heteroatoms. The molecule has 0 unspecified atom stereocenters. The van der Waals surface area contributed by atoms with Gasteiger partial charge in [-0.05, 0) is 26.2 Å². The van der Waals surface area contributed by atoms with E-state index in [-0.39, 0.29) is 13.2 Å². The van der Waals surface area contributed by atoms with E-state index in [2.05, 4.69) is 13.5 Å². The number of aliphatic hydroxyl groups excluding tert-OH is 2. The first kappa shape index (κ1) is 20.9. The van der Waals surface area contributed by atoms with Gasteiger partial charge in [0, 0.05) is 6.61 Å². The van der Waals surface area contributed by atoms with E-state index in [9.17, 15) is 0 Å². The molecule has 3 nitrogen and oxygen atoms in total. The van der Waals surface area contributed by atoms with Crippen LogP contribution in [0.1, 0.15) is 65.2 Å². The molecule has 1 aliphatic rings. The maximum absolute atomic E-state index is 7.62. The Hall–Kier alpha value is -0.380. The van der Waals surface area contributed by atoms with Crippen LogP contribution in [-0.4, -0.2) is 36.1 Å². The first-order valence-corrected chi connectivity index (χ1v) is 7.67. The van der Waals surface area contributed by atoms with Crippen molar-refractivity contribution in [3.63, 3.8) is 0 Å². The maximum Gasteiger partial charge on any atom is 0.0662 e. The summed E-state index contributed by atoms with van der Waals surface area (Å²) < 4.78 is 5.78. The van der Waals surface area contributed by atoms with E-state index in [1.165, 1.54) is 51.4 Å². The zero-order valence-electron chi connectivity index (χ0n) is 12.9. The molecular weight excluding hydrogens is 240 g/mol. The molecule has 19 heavy (non-hydrogen) atoms. The highest BCUT2D eigenvalue weighted by Gasteiger charge is 2.12. The highest BCUT2D eigenvalue weighted by atomic mass is 16.5. The van der Waals surface area contributed by atoms with Gasteiger partial charge >= 0.3 is 0 Å². The SMILES string of the molecule is C=CC.CCCCCOC1CCCCC1.OCCO. The van der Waals surface area contributed by atoms with Crippen molar-refractivity contribution in [2.45, 2.75) is 71.3 Å². The Morgan fingerprint density at radius 1 is 1.11 bits per heavy atom. The van der Waals surface area contributed by atoms with Gasteiger partial charge in [0.15, 0.2) is 0 Å². The van der Waals surface area contributed by atoms with E-state index >= 15 is 0 Å². The molecule has 0 aromatic carbocycles. The molecule has 1 aliphatic carbocycles. The Morgan fingerprint density at radius 3 is 2.05 bits per heavy atom. The Morgan fingerprint density at radius 2 is 1.63 bits per heavy atom. The minimum Gasteiger partial charge on any atom is -0.394 e. The summed E-state index contributed by atoms with van der Waals surface area (Å²) in [7, 11) is 0. The molecule has 0 aromatic heterocycles. The van der Waals surface area contributed by atoms with Crippen LogP contribution in [0.5, 0.6) is 0 Å². The predicted molar refractivity (Wildman–Crippen MR) is 82.4 cm³/mol. The molecule has 0 saturated heterocycles. The number of allylic oxidation sites excluding steroid dienone is 1. The van der Waals surface area contributed by atoms with Crippen molar-refractivity contribution in [3.8, 4) is 0 Å². The van der Waals surface area contributed by atoms with Gasteiger partial charge in [-0.1, -0.05) is 45.1 Å². The summed E-state index contributed by atoms with van der Waals surface area (Å²) in [6.07, 6.45) is 13.1. The van der Waals surface area contributed by atoms with Gasteiger partial charge in [-0.2, -0.15) is 0 Å². The number of hydrogen-bond acceptors (Lipinski definition) is 3. The molecule has 0 amide bonds. The Bertz CT molecular complexity index is 152. The zero-order chi connectivity index (χ0) is 14.8. The van der Waals surface area contributed by atoms with Crippen LogP contribution in [-0.2, 0) is 4.74 Å². The lowest BCUT2D eigenvalue weighted by Gasteiger charge is -2.21. The van der Waals surface area contributed by atoms with E-state index in [4.69, 9.17) is 14.9 Å². The lowest BCUT2D eigenvalue weighted by atomic mass is 9.98. The molecule has 0 aliphatic heterocycles. The summed E-state index contributed by atoms with van der Waals surface area (Å²) in [4.78, 5) is 0. The predicted octanol–water partition coefficient (Wildman–Crippen LogP) is 3.69. The Kier molecular flexibility index (Phi) is 22.0. The van der Waals surface area contributed by atoms with Crippen LogP contribution in [0, 0.1) is 0 Å². The fourth-order valence-electron chi connectivity index (χ4n) is 1.83. The molecule has 0 atom stereocenters. The van der Waals surface area contributed by atoms with E-state index in [1.807, 2.05) is 6.92 Å². The average Bonchev–Trinajstić information content (AvgIpc) is 2.46. The van der Waals surface area contributed by atoms with Crippen molar-refractivity contribution < 1.29 is 14.9 Å². The topological polar surface area (TPSA) is 49.7 Å². The van der Waals surface area contributed by atoms with Crippen LogP contribution >= 0.6 is 0 Å². The summed E-state index contributed by atoms with van der Waals surface area (Å²) >= 11 is 0. The Labute approximate surface area is 119 Å². The lowest BCUT2D eigenvalue weighted by Crippen LogP contribution is -2.17.